The monoisotopic (exact) mass is 336 g/mol. The molecule has 2 N–H and O–H groups in total. The highest BCUT2D eigenvalue weighted by Crippen LogP contribution is 2.48. The van der Waals surface area contributed by atoms with E-state index in [1.165, 1.54) is 0 Å². The van der Waals surface area contributed by atoms with Crippen molar-refractivity contribution in [3.05, 3.63) is 0 Å². The van der Waals surface area contributed by atoms with Crippen molar-refractivity contribution < 1.29 is 44.0 Å². The van der Waals surface area contributed by atoms with Gasteiger partial charge in [0.2, 0.25) is 0 Å². The van der Waals surface area contributed by atoms with Gasteiger partial charge in [-0.2, -0.15) is 12.4 Å². The van der Waals surface area contributed by atoms with Crippen LogP contribution in [0.15, 0.2) is 0 Å². The summed E-state index contributed by atoms with van der Waals surface area (Å²) in [4.78, 5) is 0. The van der Waals surface area contributed by atoms with E-state index in [4.69, 9.17) is 27.5 Å². The number of hydrogen-bond donors (Lipinski definition) is 2. The summed E-state index contributed by atoms with van der Waals surface area (Å²) in [5, 5.41) is 0. The average Bonchev–Trinajstić information content (AvgIpc) is 2.34. The Morgan fingerprint density at radius 3 is 2.11 bits per heavy atom. The van der Waals surface area contributed by atoms with Crippen LogP contribution < -0.4 is 0 Å². The normalized spacial score (nSPS) is 27.4. The lowest BCUT2D eigenvalue weighted by Crippen LogP contribution is -2.51. The summed E-state index contributed by atoms with van der Waals surface area (Å²) in [5.74, 6) is 0. The SMILES string of the molecule is O=S(O)OB1OCC2(CO1)COP(OS(=O)O)OC2. The molecule has 2 saturated heterocycles. The van der Waals surface area contributed by atoms with Crippen molar-refractivity contribution in [1.29, 1.82) is 0 Å². The minimum atomic E-state index is -2.48. The first-order valence-electron chi connectivity index (χ1n) is 4.86. The molecule has 0 aromatic carbocycles. The van der Waals surface area contributed by atoms with E-state index in [1.807, 2.05) is 0 Å². The molecule has 19 heavy (non-hydrogen) atoms. The first kappa shape index (κ1) is 15.9. The van der Waals surface area contributed by atoms with Gasteiger partial charge >= 0.3 is 27.3 Å². The second-order valence-corrected chi connectivity index (χ2v) is 6.41. The fraction of sp³-hybridized carbons (Fsp3) is 1.00. The quantitative estimate of drug-likeness (QED) is 0.397. The maximum Gasteiger partial charge on any atom is 0.654 e. The second kappa shape index (κ2) is 6.96. The summed E-state index contributed by atoms with van der Waals surface area (Å²) >= 11 is -4.94. The third-order valence-corrected chi connectivity index (χ3v) is 4.29. The first-order valence-corrected chi connectivity index (χ1v) is 8.01. The van der Waals surface area contributed by atoms with Crippen molar-refractivity contribution in [3.63, 3.8) is 0 Å². The zero-order valence-electron chi connectivity index (χ0n) is 9.33. The topological polar surface area (TPSA) is 130 Å². The van der Waals surface area contributed by atoms with E-state index in [9.17, 15) is 8.42 Å². The highest BCUT2D eigenvalue weighted by molar-refractivity contribution is 7.79. The number of rotatable bonds is 4. The lowest BCUT2D eigenvalue weighted by Gasteiger charge is -2.40. The molecule has 0 saturated carbocycles. The van der Waals surface area contributed by atoms with Gasteiger partial charge in [-0.3, -0.25) is 13.2 Å². The molecular weight excluding hydrogens is 326 g/mol. The van der Waals surface area contributed by atoms with Crippen LogP contribution in [-0.2, 0) is 49.1 Å². The minimum Gasteiger partial charge on any atom is -0.384 e. The molecule has 1 spiro atoms. The Kier molecular flexibility index (Phi) is 5.81. The van der Waals surface area contributed by atoms with Crippen molar-refractivity contribution in [2.75, 3.05) is 26.4 Å². The minimum absolute atomic E-state index is 0.125. The molecule has 2 unspecified atom stereocenters. The van der Waals surface area contributed by atoms with Gasteiger partial charge in [0.15, 0.2) is 0 Å². The zero-order chi connectivity index (χ0) is 13.9. The Balaban J connectivity index is 1.78. The summed E-state index contributed by atoms with van der Waals surface area (Å²) in [6.45, 7) is 0.538. The van der Waals surface area contributed by atoms with Gasteiger partial charge in [-0.15, -0.1) is 0 Å². The van der Waals surface area contributed by atoms with E-state index in [1.54, 1.807) is 0 Å². The standard InChI is InChI=1S/C5H10BO10PS2/c7-18(8)15-6-11-1-5(2-12-6)3-13-17(14-4-5)16-19(9)10/h1-4H2,(H,7,8)(H,9,10). The fourth-order valence-electron chi connectivity index (χ4n) is 1.42. The van der Waals surface area contributed by atoms with Crippen LogP contribution in [0.3, 0.4) is 0 Å². The van der Waals surface area contributed by atoms with E-state index >= 15 is 0 Å². The third kappa shape index (κ3) is 4.75. The Bertz CT molecular complexity index is 316. The molecule has 0 aromatic rings. The third-order valence-electron chi connectivity index (χ3n) is 2.29. The molecule has 2 atom stereocenters. The molecule has 0 aromatic heterocycles. The lowest BCUT2D eigenvalue weighted by molar-refractivity contribution is -0.0867. The molecule has 2 aliphatic rings. The largest absolute Gasteiger partial charge is 0.654 e. The van der Waals surface area contributed by atoms with E-state index < -0.39 is 44.1 Å². The van der Waals surface area contributed by atoms with Gasteiger partial charge in [0, 0.05) is 13.2 Å². The van der Waals surface area contributed by atoms with Crippen LogP contribution in [0.1, 0.15) is 0 Å². The van der Waals surface area contributed by atoms with Crippen molar-refractivity contribution in [2.45, 2.75) is 0 Å². The van der Waals surface area contributed by atoms with Crippen LogP contribution in [0.5, 0.6) is 0 Å². The van der Waals surface area contributed by atoms with Gasteiger partial charge in [-0.05, 0) is 0 Å². The average molecular weight is 336 g/mol. The lowest BCUT2D eigenvalue weighted by atomic mass is 9.89. The predicted molar refractivity (Wildman–Crippen MR) is 62.6 cm³/mol. The van der Waals surface area contributed by atoms with Gasteiger partial charge < -0.3 is 18.4 Å². The fourth-order valence-corrected chi connectivity index (χ4v) is 3.26. The van der Waals surface area contributed by atoms with Crippen molar-refractivity contribution in [2.24, 2.45) is 5.41 Å². The summed E-state index contributed by atoms with van der Waals surface area (Å²) in [6, 6.07) is 0. The molecule has 0 radical (unpaired) electrons. The van der Waals surface area contributed by atoms with Crippen molar-refractivity contribution in [3.8, 4) is 0 Å². The van der Waals surface area contributed by atoms with Crippen LogP contribution in [0.25, 0.3) is 0 Å². The summed E-state index contributed by atoms with van der Waals surface area (Å²) in [7, 11) is -3.09. The van der Waals surface area contributed by atoms with E-state index in [-0.39, 0.29) is 26.4 Å². The van der Waals surface area contributed by atoms with E-state index in [0.717, 1.165) is 0 Å². The molecule has 14 heteroatoms. The first-order chi connectivity index (χ1) is 8.99. The van der Waals surface area contributed by atoms with Crippen molar-refractivity contribution >= 4 is 38.6 Å². The van der Waals surface area contributed by atoms with Gasteiger partial charge in [0.25, 0.3) is 11.4 Å². The van der Waals surface area contributed by atoms with Crippen LogP contribution in [0, 0.1) is 5.41 Å². The van der Waals surface area contributed by atoms with Crippen LogP contribution in [0.2, 0.25) is 0 Å². The highest BCUT2D eigenvalue weighted by Gasteiger charge is 2.46. The predicted octanol–water partition coefficient (Wildman–Crippen LogP) is -0.415. The van der Waals surface area contributed by atoms with E-state index in [2.05, 4.69) is 8.07 Å². The Hall–Kier alpha value is 0.475. The maximum atomic E-state index is 10.4. The molecule has 2 fully saturated rings. The molecule has 2 heterocycles. The molecule has 0 aliphatic carbocycles. The zero-order valence-corrected chi connectivity index (χ0v) is 11.9. The van der Waals surface area contributed by atoms with Gasteiger partial charge in [0.1, 0.15) is 0 Å². The second-order valence-electron chi connectivity index (χ2n) is 3.79. The molecular formula is C5H10BO10PS2. The molecule has 2 rings (SSSR count). The molecule has 0 amide bonds. The summed E-state index contributed by atoms with van der Waals surface area (Å²) < 4.78 is 67.2. The van der Waals surface area contributed by atoms with Crippen LogP contribution in [-0.4, -0.2) is 51.3 Å². The van der Waals surface area contributed by atoms with Crippen LogP contribution in [0.4, 0.5) is 0 Å². The Morgan fingerprint density at radius 1 is 1.05 bits per heavy atom. The summed E-state index contributed by atoms with van der Waals surface area (Å²) in [6.07, 6.45) is 0. The number of hydrogen-bond acceptors (Lipinski definition) is 8. The Labute approximate surface area is 115 Å². The highest BCUT2D eigenvalue weighted by atomic mass is 32.2. The summed E-state index contributed by atoms with van der Waals surface area (Å²) in [5.41, 5.74) is -0.601. The maximum absolute atomic E-state index is 10.4. The Morgan fingerprint density at radius 2 is 1.63 bits per heavy atom. The molecule has 0 bridgehead atoms. The smallest absolute Gasteiger partial charge is 0.384 e. The van der Waals surface area contributed by atoms with Gasteiger partial charge in [-0.1, -0.05) is 0 Å². The molecule has 110 valence electrons. The van der Waals surface area contributed by atoms with E-state index in [0.29, 0.717) is 0 Å². The van der Waals surface area contributed by atoms with Gasteiger partial charge in [0.05, 0.1) is 18.6 Å². The molecule has 10 nitrogen and oxygen atoms in total. The molecule has 2 aliphatic heterocycles. The van der Waals surface area contributed by atoms with Crippen LogP contribution >= 0.6 is 8.60 Å². The van der Waals surface area contributed by atoms with Crippen molar-refractivity contribution in [1.82, 2.24) is 0 Å². The van der Waals surface area contributed by atoms with Gasteiger partial charge in [-0.25, -0.2) is 0 Å².